The summed E-state index contributed by atoms with van der Waals surface area (Å²) in [6.07, 6.45) is 7.76. The molecule has 1 atom stereocenters. The fourth-order valence-electron chi connectivity index (χ4n) is 3.89. The van der Waals surface area contributed by atoms with E-state index >= 15 is 0 Å². The van der Waals surface area contributed by atoms with E-state index in [0.717, 1.165) is 29.4 Å². The summed E-state index contributed by atoms with van der Waals surface area (Å²) >= 11 is 6.01. The van der Waals surface area contributed by atoms with Crippen molar-refractivity contribution in [3.8, 4) is 5.75 Å². The molecule has 1 N–H and O–H groups in total. The van der Waals surface area contributed by atoms with E-state index in [1.54, 1.807) is 32.1 Å². The van der Waals surface area contributed by atoms with Gasteiger partial charge in [-0.2, -0.15) is 4.98 Å². The van der Waals surface area contributed by atoms with Gasteiger partial charge in [0.15, 0.2) is 17.9 Å². The lowest BCUT2D eigenvalue weighted by Crippen LogP contribution is -2.43. The third-order valence-corrected chi connectivity index (χ3v) is 6.08. The highest BCUT2D eigenvalue weighted by Gasteiger charge is 2.17. The van der Waals surface area contributed by atoms with Gasteiger partial charge in [0.05, 0.1) is 19.3 Å². The van der Waals surface area contributed by atoms with Crippen LogP contribution < -0.4 is 21.4 Å². The van der Waals surface area contributed by atoms with Crippen molar-refractivity contribution in [1.29, 1.82) is 0 Å². The number of nitrogens with zero attached hydrogens (tertiary/aromatic N) is 3. The average molecular weight is 563 g/mol. The fraction of sp³-hybridized carbons (Fsp3) is 0.464. The summed E-state index contributed by atoms with van der Waals surface area (Å²) in [5.41, 5.74) is -0.211. The second-order valence-electron chi connectivity index (χ2n) is 9.46. The SMILES string of the molecule is C=C/C(Cl)=C\C=C(/C)Cn1c(Nc2ccc(OC(C)C)c(F)c2)nc(=O)n(CCCOC2CCCCO2)c1=O. The first-order chi connectivity index (χ1) is 18.7. The lowest BCUT2D eigenvalue weighted by Gasteiger charge is -2.22. The van der Waals surface area contributed by atoms with Gasteiger partial charge in [0.25, 0.3) is 0 Å². The van der Waals surface area contributed by atoms with Crippen LogP contribution >= 0.6 is 11.6 Å². The molecule has 3 rings (SSSR count). The maximum Gasteiger partial charge on any atom is 0.354 e. The molecule has 212 valence electrons. The molecule has 0 saturated carbocycles. The third-order valence-electron chi connectivity index (χ3n) is 5.80. The summed E-state index contributed by atoms with van der Waals surface area (Å²) in [5.74, 6) is -0.503. The monoisotopic (exact) mass is 562 g/mol. The summed E-state index contributed by atoms with van der Waals surface area (Å²) in [5, 5.41) is 3.35. The predicted octanol–water partition coefficient (Wildman–Crippen LogP) is 5.26. The molecular weight excluding hydrogens is 527 g/mol. The van der Waals surface area contributed by atoms with Gasteiger partial charge in [-0.25, -0.2) is 18.5 Å². The second kappa shape index (κ2) is 14.8. The number of halogens is 2. The smallest absolute Gasteiger partial charge is 0.354 e. The zero-order valence-electron chi connectivity index (χ0n) is 22.6. The Morgan fingerprint density at radius 3 is 2.77 bits per heavy atom. The lowest BCUT2D eigenvalue weighted by molar-refractivity contribution is -0.163. The standard InChI is InChI=1S/C28H36ClFN4O5/c1-5-21(29)11-10-20(4)18-34-26(31-22-12-13-24(23(30)17-22)39-19(2)3)32-27(35)33(28(34)36)14-8-16-38-25-9-6-7-15-37-25/h5,10-13,17,19,25H,1,6-9,14-16,18H2,2-4H3,(H,31,32,35)/b20-10+,21-11+. The molecule has 1 fully saturated rings. The minimum atomic E-state index is -0.718. The van der Waals surface area contributed by atoms with Gasteiger partial charge in [-0.1, -0.05) is 35.9 Å². The Bertz CT molecular complexity index is 1310. The van der Waals surface area contributed by atoms with Gasteiger partial charge in [0.2, 0.25) is 5.95 Å². The first-order valence-electron chi connectivity index (χ1n) is 13.0. The number of ether oxygens (including phenoxy) is 3. The van der Waals surface area contributed by atoms with Crippen LogP contribution in [0.25, 0.3) is 0 Å². The van der Waals surface area contributed by atoms with E-state index in [9.17, 15) is 14.0 Å². The quantitative estimate of drug-likeness (QED) is 0.263. The summed E-state index contributed by atoms with van der Waals surface area (Å²) in [6, 6.07) is 4.28. The first kappa shape index (κ1) is 30.3. The fourth-order valence-corrected chi connectivity index (χ4v) is 3.95. The van der Waals surface area contributed by atoms with Crippen LogP contribution in [0.1, 0.15) is 46.5 Å². The van der Waals surface area contributed by atoms with Crippen LogP contribution in [0.2, 0.25) is 0 Å². The van der Waals surface area contributed by atoms with E-state index in [1.807, 2.05) is 6.92 Å². The molecule has 1 saturated heterocycles. The minimum absolute atomic E-state index is 0.0171. The number of hydrogen-bond acceptors (Lipinski definition) is 7. The van der Waals surface area contributed by atoms with Crippen molar-refractivity contribution < 1.29 is 18.6 Å². The lowest BCUT2D eigenvalue weighted by atomic mass is 10.2. The van der Waals surface area contributed by atoms with E-state index in [1.165, 1.54) is 22.8 Å². The van der Waals surface area contributed by atoms with Crippen molar-refractivity contribution in [2.24, 2.45) is 0 Å². The van der Waals surface area contributed by atoms with Gasteiger partial charge in [0, 0.05) is 29.9 Å². The Balaban J connectivity index is 1.87. The summed E-state index contributed by atoms with van der Waals surface area (Å²) in [4.78, 5) is 30.5. The maximum absolute atomic E-state index is 14.6. The van der Waals surface area contributed by atoms with Crippen molar-refractivity contribution in [2.75, 3.05) is 18.5 Å². The first-order valence-corrected chi connectivity index (χ1v) is 13.4. The maximum atomic E-state index is 14.6. The molecule has 1 aliphatic heterocycles. The van der Waals surface area contributed by atoms with Gasteiger partial charge in [0.1, 0.15) is 0 Å². The molecular formula is C28H36ClFN4O5. The van der Waals surface area contributed by atoms with Crippen molar-refractivity contribution in [3.63, 3.8) is 0 Å². The van der Waals surface area contributed by atoms with Crippen LogP contribution in [0, 0.1) is 5.82 Å². The predicted molar refractivity (Wildman–Crippen MR) is 150 cm³/mol. The Kier molecular flexibility index (Phi) is 11.5. The molecule has 2 aromatic rings. The number of aromatic nitrogens is 3. The minimum Gasteiger partial charge on any atom is -0.488 e. The normalized spacial score (nSPS) is 16.4. The topological polar surface area (TPSA) is 96.6 Å². The molecule has 0 spiro atoms. The Morgan fingerprint density at radius 2 is 2.10 bits per heavy atom. The molecule has 1 aromatic heterocycles. The number of rotatable bonds is 13. The Morgan fingerprint density at radius 1 is 1.31 bits per heavy atom. The van der Waals surface area contributed by atoms with Crippen LogP contribution in [0.5, 0.6) is 5.75 Å². The van der Waals surface area contributed by atoms with E-state index in [-0.39, 0.29) is 37.2 Å². The summed E-state index contributed by atoms with van der Waals surface area (Å²) in [6.45, 7) is 10.3. The highest BCUT2D eigenvalue weighted by atomic mass is 35.5. The Labute approximate surface area is 232 Å². The van der Waals surface area contributed by atoms with Crippen molar-refractivity contribution in [2.45, 2.75) is 71.9 Å². The van der Waals surface area contributed by atoms with Crippen molar-refractivity contribution in [1.82, 2.24) is 14.1 Å². The molecule has 1 unspecified atom stereocenters. The van der Waals surface area contributed by atoms with E-state index in [2.05, 4.69) is 16.9 Å². The van der Waals surface area contributed by atoms with Gasteiger partial charge < -0.3 is 19.5 Å². The summed E-state index contributed by atoms with van der Waals surface area (Å²) < 4.78 is 33.7. The molecule has 2 heterocycles. The average Bonchev–Trinajstić information content (AvgIpc) is 2.90. The Hall–Kier alpha value is -3.21. The molecule has 1 aromatic carbocycles. The number of benzene rings is 1. The molecule has 1 aliphatic rings. The number of hydrogen-bond donors (Lipinski definition) is 1. The zero-order valence-corrected chi connectivity index (χ0v) is 23.4. The van der Waals surface area contributed by atoms with Crippen LogP contribution in [0.15, 0.2) is 63.2 Å². The van der Waals surface area contributed by atoms with Crippen LogP contribution in [-0.2, 0) is 22.6 Å². The molecule has 11 heteroatoms. The second-order valence-corrected chi connectivity index (χ2v) is 9.90. The largest absolute Gasteiger partial charge is 0.488 e. The molecule has 0 bridgehead atoms. The number of nitrogens with one attached hydrogen (secondary N) is 1. The van der Waals surface area contributed by atoms with Gasteiger partial charge in [-0.15, -0.1) is 0 Å². The van der Waals surface area contributed by atoms with E-state index < -0.39 is 17.2 Å². The number of allylic oxidation sites excluding steroid dienone is 5. The van der Waals surface area contributed by atoms with Crippen molar-refractivity contribution in [3.05, 3.63) is 80.4 Å². The van der Waals surface area contributed by atoms with Gasteiger partial charge in [-0.05, 0) is 64.7 Å². The summed E-state index contributed by atoms with van der Waals surface area (Å²) in [7, 11) is 0. The van der Waals surface area contributed by atoms with Gasteiger partial charge >= 0.3 is 11.4 Å². The van der Waals surface area contributed by atoms with Crippen LogP contribution in [-0.4, -0.2) is 39.7 Å². The van der Waals surface area contributed by atoms with Gasteiger partial charge in [-0.3, -0.25) is 4.57 Å². The molecule has 0 amide bonds. The van der Waals surface area contributed by atoms with E-state index in [0.29, 0.717) is 30.4 Å². The number of anilines is 2. The third kappa shape index (κ3) is 9.19. The highest BCUT2D eigenvalue weighted by Crippen LogP contribution is 2.24. The molecule has 39 heavy (non-hydrogen) atoms. The molecule has 0 aliphatic carbocycles. The molecule has 9 nitrogen and oxygen atoms in total. The van der Waals surface area contributed by atoms with Crippen molar-refractivity contribution >= 4 is 23.2 Å². The molecule has 0 radical (unpaired) electrons. The van der Waals surface area contributed by atoms with E-state index in [4.69, 9.17) is 25.8 Å². The highest BCUT2D eigenvalue weighted by molar-refractivity contribution is 6.31. The van der Waals surface area contributed by atoms with Crippen LogP contribution in [0.3, 0.4) is 0 Å². The zero-order chi connectivity index (χ0) is 28.4. The van der Waals surface area contributed by atoms with Crippen LogP contribution in [0.4, 0.5) is 16.0 Å².